The second-order valence-corrected chi connectivity index (χ2v) is 9.61. The first-order valence-corrected chi connectivity index (χ1v) is 11.4. The Morgan fingerprint density at radius 2 is 1.62 bits per heavy atom. The first-order valence-electron chi connectivity index (χ1n) is 9.95. The zero-order valence-electron chi connectivity index (χ0n) is 17.9. The summed E-state index contributed by atoms with van der Waals surface area (Å²) in [6, 6.07) is 3.25. The summed E-state index contributed by atoms with van der Waals surface area (Å²) < 4.78 is 27.7. The summed E-state index contributed by atoms with van der Waals surface area (Å²) in [6.07, 6.45) is 0.776. The van der Waals surface area contributed by atoms with Gasteiger partial charge in [0.1, 0.15) is 0 Å². The minimum absolute atomic E-state index is 0.00904. The van der Waals surface area contributed by atoms with Crippen LogP contribution in [0.15, 0.2) is 17.0 Å². The van der Waals surface area contributed by atoms with Gasteiger partial charge in [-0.15, -0.1) is 0 Å². The van der Waals surface area contributed by atoms with Crippen LogP contribution in [0.4, 0.5) is 4.79 Å². The number of hydrogen-bond donors (Lipinski definition) is 2. The Hall–Kier alpha value is -1.97. The maximum Gasteiger partial charge on any atom is 0.321 e. The van der Waals surface area contributed by atoms with Crippen LogP contribution in [0.5, 0.6) is 0 Å². The van der Waals surface area contributed by atoms with Crippen molar-refractivity contribution in [1.82, 2.24) is 19.8 Å². The van der Waals surface area contributed by atoms with E-state index >= 15 is 0 Å². The highest BCUT2D eigenvalue weighted by Gasteiger charge is 2.31. The number of sulfonamides is 1. The van der Waals surface area contributed by atoms with E-state index in [1.807, 2.05) is 51.7 Å². The molecule has 1 aromatic rings. The lowest BCUT2D eigenvalue weighted by atomic mass is 10.1. The quantitative estimate of drug-likeness (QED) is 0.722. The van der Waals surface area contributed by atoms with E-state index in [0.717, 1.165) is 23.1 Å². The first kappa shape index (κ1) is 23.3. The zero-order chi connectivity index (χ0) is 21.8. The molecule has 0 unspecified atom stereocenters. The van der Waals surface area contributed by atoms with E-state index in [2.05, 4.69) is 10.6 Å². The summed E-state index contributed by atoms with van der Waals surface area (Å²) in [6.45, 7) is 10.9. The van der Waals surface area contributed by atoms with Gasteiger partial charge in [-0.1, -0.05) is 24.6 Å². The molecule has 0 spiro atoms. The second-order valence-electron chi connectivity index (χ2n) is 7.74. The lowest BCUT2D eigenvalue weighted by Crippen LogP contribution is -2.52. The Labute approximate surface area is 173 Å². The third-order valence-corrected chi connectivity index (χ3v) is 7.35. The van der Waals surface area contributed by atoms with Gasteiger partial charge in [-0.3, -0.25) is 15.0 Å². The number of amides is 3. The van der Waals surface area contributed by atoms with Crippen LogP contribution in [0.2, 0.25) is 0 Å². The molecule has 0 aromatic heterocycles. The minimum atomic E-state index is -3.59. The van der Waals surface area contributed by atoms with Gasteiger partial charge in [0.25, 0.3) is 0 Å². The van der Waals surface area contributed by atoms with Gasteiger partial charge in [0, 0.05) is 32.2 Å². The van der Waals surface area contributed by atoms with Crippen LogP contribution >= 0.6 is 0 Å². The molecule has 3 amide bonds. The number of nitrogens with zero attached hydrogens (tertiary/aromatic N) is 2. The fourth-order valence-electron chi connectivity index (χ4n) is 3.56. The van der Waals surface area contributed by atoms with Gasteiger partial charge >= 0.3 is 6.03 Å². The lowest BCUT2D eigenvalue weighted by Gasteiger charge is -2.34. The Bertz CT molecular complexity index is 838. The molecule has 0 bridgehead atoms. The summed E-state index contributed by atoms with van der Waals surface area (Å²) in [5.74, 6) is -0.396. The number of aryl methyl sites for hydroxylation is 3. The molecular formula is C20H32N4O4S. The molecule has 1 aliphatic heterocycles. The third kappa shape index (κ3) is 6.01. The third-order valence-electron chi connectivity index (χ3n) is 5.14. The van der Waals surface area contributed by atoms with Crippen LogP contribution in [0, 0.1) is 20.8 Å². The van der Waals surface area contributed by atoms with Crippen LogP contribution in [0.1, 0.15) is 37.0 Å². The maximum atomic E-state index is 13.1. The molecule has 1 aliphatic rings. The van der Waals surface area contributed by atoms with E-state index in [0.29, 0.717) is 31.1 Å². The SMILES string of the molecule is CC[C@@H](C)NC(=O)NC(=O)CN1CCN(S(=O)(=O)c2c(C)cc(C)cc2C)CC1. The predicted molar refractivity (Wildman–Crippen MR) is 112 cm³/mol. The molecule has 8 nitrogen and oxygen atoms in total. The standard InChI is InChI=1S/C20H32N4O4S/c1-6-17(5)21-20(26)22-18(25)13-23-7-9-24(10-8-23)29(27,28)19-15(3)11-14(2)12-16(19)4/h11-12,17H,6-10,13H2,1-5H3,(H2,21,22,25,26)/t17-/m1/s1. The highest BCUT2D eigenvalue weighted by molar-refractivity contribution is 7.89. The number of rotatable bonds is 6. The molecule has 2 rings (SSSR count). The normalized spacial score (nSPS) is 17.0. The summed E-state index contributed by atoms with van der Waals surface area (Å²) in [5.41, 5.74) is 2.53. The number of nitrogens with one attached hydrogen (secondary N) is 2. The van der Waals surface area contributed by atoms with Gasteiger partial charge in [-0.2, -0.15) is 4.31 Å². The van der Waals surface area contributed by atoms with Crippen LogP contribution in [0.25, 0.3) is 0 Å². The van der Waals surface area contributed by atoms with Crippen molar-refractivity contribution in [2.75, 3.05) is 32.7 Å². The fourth-order valence-corrected chi connectivity index (χ4v) is 5.40. The average molecular weight is 425 g/mol. The number of carbonyl (C=O) groups is 2. The van der Waals surface area contributed by atoms with Gasteiger partial charge < -0.3 is 5.32 Å². The number of carbonyl (C=O) groups excluding carboxylic acids is 2. The molecule has 0 aliphatic carbocycles. The van der Waals surface area contributed by atoms with Crippen LogP contribution in [0.3, 0.4) is 0 Å². The summed E-state index contributed by atoms with van der Waals surface area (Å²) in [4.78, 5) is 26.0. The number of urea groups is 1. The van der Waals surface area contributed by atoms with Crippen molar-refractivity contribution in [2.45, 2.75) is 52.0 Å². The Balaban J connectivity index is 1.93. The smallest absolute Gasteiger partial charge is 0.321 e. The Morgan fingerprint density at radius 3 is 2.14 bits per heavy atom. The van der Waals surface area contributed by atoms with Crippen molar-refractivity contribution in [3.63, 3.8) is 0 Å². The summed E-state index contributed by atoms with van der Waals surface area (Å²) in [5, 5.41) is 5.00. The van der Waals surface area contributed by atoms with Crippen molar-refractivity contribution in [3.8, 4) is 0 Å². The molecule has 9 heteroatoms. The zero-order valence-corrected chi connectivity index (χ0v) is 18.7. The maximum absolute atomic E-state index is 13.1. The molecule has 1 aromatic carbocycles. The first-order chi connectivity index (χ1) is 13.5. The highest BCUT2D eigenvalue weighted by Crippen LogP contribution is 2.26. The van der Waals surface area contributed by atoms with Crippen molar-refractivity contribution in [1.29, 1.82) is 0 Å². The lowest BCUT2D eigenvalue weighted by molar-refractivity contribution is -0.121. The molecule has 1 atom stereocenters. The number of piperazine rings is 1. The van der Waals surface area contributed by atoms with E-state index in [4.69, 9.17) is 0 Å². The molecule has 29 heavy (non-hydrogen) atoms. The predicted octanol–water partition coefficient (Wildman–Crippen LogP) is 1.54. The molecule has 1 fully saturated rings. The fraction of sp³-hybridized carbons (Fsp3) is 0.600. The van der Waals surface area contributed by atoms with Gasteiger partial charge in [0.2, 0.25) is 15.9 Å². The van der Waals surface area contributed by atoms with Crippen LogP contribution in [-0.4, -0.2) is 68.3 Å². The number of imide groups is 1. The second kappa shape index (κ2) is 9.69. The Morgan fingerprint density at radius 1 is 1.07 bits per heavy atom. The average Bonchev–Trinajstić information content (AvgIpc) is 2.60. The largest absolute Gasteiger partial charge is 0.335 e. The minimum Gasteiger partial charge on any atom is -0.335 e. The van der Waals surface area contributed by atoms with Gasteiger partial charge in [-0.05, 0) is 45.2 Å². The van der Waals surface area contributed by atoms with Gasteiger partial charge in [0.15, 0.2) is 0 Å². The molecule has 0 radical (unpaired) electrons. The van der Waals surface area contributed by atoms with Crippen LogP contribution in [-0.2, 0) is 14.8 Å². The number of hydrogen-bond acceptors (Lipinski definition) is 5. The molecule has 162 valence electrons. The highest BCUT2D eigenvalue weighted by atomic mass is 32.2. The van der Waals surface area contributed by atoms with E-state index in [1.54, 1.807) is 0 Å². The van der Waals surface area contributed by atoms with E-state index < -0.39 is 22.0 Å². The van der Waals surface area contributed by atoms with E-state index in [1.165, 1.54) is 4.31 Å². The van der Waals surface area contributed by atoms with Crippen LogP contribution < -0.4 is 10.6 Å². The molecule has 2 N–H and O–H groups in total. The molecule has 1 saturated heterocycles. The monoisotopic (exact) mass is 424 g/mol. The topological polar surface area (TPSA) is 98.8 Å². The number of benzene rings is 1. The Kier molecular flexibility index (Phi) is 7.79. The van der Waals surface area contributed by atoms with Crippen molar-refractivity contribution in [2.24, 2.45) is 0 Å². The summed E-state index contributed by atoms with van der Waals surface area (Å²) in [7, 11) is -3.59. The van der Waals surface area contributed by atoms with Crippen molar-refractivity contribution < 1.29 is 18.0 Å². The van der Waals surface area contributed by atoms with E-state index in [9.17, 15) is 18.0 Å². The molecular weight excluding hydrogens is 392 g/mol. The molecule has 0 saturated carbocycles. The van der Waals surface area contributed by atoms with E-state index in [-0.39, 0.29) is 12.6 Å². The molecule has 1 heterocycles. The van der Waals surface area contributed by atoms with Crippen molar-refractivity contribution in [3.05, 3.63) is 28.8 Å². The van der Waals surface area contributed by atoms with Gasteiger partial charge in [0.05, 0.1) is 11.4 Å². The van der Waals surface area contributed by atoms with Gasteiger partial charge in [-0.25, -0.2) is 13.2 Å². The van der Waals surface area contributed by atoms with Crippen molar-refractivity contribution >= 4 is 22.0 Å². The summed E-state index contributed by atoms with van der Waals surface area (Å²) >= 11 is 0.